The Morgan fingerprint density at radius 1 is 1.53 bits per heavy atom. The Kier molecular flexibility index (Phi) is 4.58. The molecule has 17 heavy (non-hydrogen) atoms. The second-order valence-corrected chi connectivity index (χ2v) is 4.44. The van der Waals surface area contributed by atoms with Crippen molar-refractivity contribution >= 4 is 23.2 Å². The summed E-state index contributed by atoms with van der Waals surface area (Å²) in [5, 5.41) is 0.508. The highest BCUT2D eigenvalue weighted by atomic mass is 35.5. The molecule has 0 spiro atoms. The standard InChI is InChI=1S/C13H17ClN2O/c1-4-16(8-9(2)3)13(17)11-7-10(14)5-6-12(11)15/h5-7H,2,4,8,15H2,1,3H3. The van der Waals surface area contributed by atoms with Crippen LogP contribution in [0.15, 0.2) is 30.4 Å². The molecule has 2 N–H and O–H groups in total. The molecule has 92 valence electrons. The van der Waals surface area contributed by atoms with Crippen molar-refractivity contribution in [1.82, 2.24) is 4.90 Å². The molecule has 1 rings (SSSR count). The highest BCUT2D eigenvalue weighted by Gasteiger charge is 2.16. The SMILES string of the molecule is C=C(C)CN(CC)C(=O)c1cc(Cl)ccc1N. The van der Waals surface area contributed by atoms with Gasteiger partial charge in [0.1, 0.15) is 0 Å². The summed E-state index contributed by atoms with van der Waals surface area (Å²) in [6.45, 7) is 8.75. The molecule has 0 bridgehead atoms. The van der Waals surface area contributed by atoms with Crippen LogP contribution in [-0.4, -0.2) is 23.9 Å². The third kappa shape index (κ3) is 3.49. The van der Waals surface area contributed by atoms with E-state index in [1.807, 2.05) is 13.8 Å². The van der Waals surface area contributed by atoms with E-state index in [1.165, 1.54) is 0 Å². The predicted molar refractivity (Wildman–Crippen MR) is 72.3 cm³/mol. The van der Waals surface area contributed by atoms with Gasteiger partial charge in [0.25, 0.3) is 5.91 Å². The number of carbonyl (C=O) groups is 1. The summed E-state index contributed by atoms with van der Waals surface area (Å²) in [6, 6.07) is 4.91. The molecule has 0 atom stereocenters. The fourth-order valence-corrected chi connectivity index (χ4v) is 1.71. The predicted octanol–water partition coefficient (Wildman–Crippen LogP) is 2.96. The number of benzene rings is 1. The van der Waals surface area contributed by atoms with Crippen molar-refractivity contribution in [3.05, 3.63) is 40.9 Å². The van der Waals surface area contributed by atoms with Gasteiger partial charge < -0.3 is 10.6 Å². The molecule has 3 nitrogen and oxygen atoms in total. The molecule has 0 aliphatic heterocycles. The number of hydrogen-bond acceptors (Lipinski definition) is 2. The van der Waals surface area contributed by atoms with Crippen molar-refractivity contribution in [2.24, 2.45) is 0 Å². The number of halogens is 1. The van der Waals surface area contributed by atoms with Gasteiger partial charge in [-0.25, -0.2) is 0 Å². The minimum atomic E-state index is -0.115. The lowest BCUT2D eigenvalue weighted by Gasteiger charge is -2.21. The maximum absolute atomic E-state index is 12.2. The highest BCUT2D eigenvalue weighted by Crippen LogP contribution is 2.19. The van der Waals surface area contributed by atoms with Crippen LogP contribution in [0.3, 0.4) is 0 Å². The topological polar surface area (TPSA) is 46.3 Å². The Morgan fingerprint density at radius 3 is 2.71 bits per heavy atom. The number of nitrogens with two attached hydrogens (primary N) is 1. The first-order chi connectivity index (χ1) is 7.95. The first-order valence-corrected chi connectivity index (χ1v) is 5.82. The van der Waals surface area contributed by atoms with Crippen LogP contribution in [0.25, 0.3) is 0 Å². The summed E-state index contributed by atoms with van der Waals surface area (Å²) < 4.78 is 0. The van der Waals surface area contributed by atoms with Gasteiger partial charge in [-0.3, -0.25) is 4.79 Å². The summed E-state index contributed by atoms with van der Waals surface area (Å²) in [5.41, 5.74) is 7.61. The molecular weight excluding hydrogens is 236 g/mol. The van der Waals surface area contributed by atoms with Crippen molar-refractivity contribution in [2.45, 2.75) is 13.8 Å². The molecule has 0 heterocycles. The molecule has 4 heteroatoms. The summed E-state index contributed by atoms with van der Waals surface area (Å²) in [4.78, 5) is 13.9. The van der Waals surface area contributed by atoms with E-state index >= 15 is 0 Å². The van der Waals surface area contributed by atoms with Gasteiger partial charge in [-0.05, 0) is 32.0 Å². The Morgan fingerprint density at radius 2 is 2.18 bits per heavy atom. The van der Waals surface area contributed by atoms with Gasteiger partial charge in [-0.2, -0.15) is 0 Å². The van der Waals surface area contributed by atoms with Gasteiger partial charge in [0.2, 0.25) is 0 Å². The second-order valence-electron chi connectivity index (χ2n) is 4.01. The van der Waals surface area contributed by atoms with Crippen LogP contribution >= 0.6 is 11.6 Å². The average Bonchev–Trinajstić information content (AvgIpc) is 2.28. The van der Waals surface area contributed by atoms with Crippen LogP contribution in [0.1, 0.15) is 24.2 Å². The van der Waals surface area contributed by atoms with Gasteiger partial charge in [-0.15, -0.1) is 0 Å². The Labute approximate surface area is 107 Å². The zero-order valence-corrected chi connectivity index (χ0v) is 10.9. The lowest BCUT2D eigenvalue weighted by atomic mass is 10.1. The van der Waals surface area contributed by atoms with Gasteiger partial charge in [0.15, 0.2) is 0 Å². The number of hydrogen-bond donors (Lipinski definition) is 1. The Balaban J connectivity index is 3.01. The molecule has 1 amide bonds. The van der Waals surface area contributed by atoms with Crippen LogP contribution in [0.2, 0.25) is 5.02 Å². The molecule has 0 aromatic heterocycles. The monoisotopic (exact) mass is 252 g/mol. The molecule has 1 aromatic rings. The third-order valence-electron chi connectivity index (χ3n) is 2.38. The fourth-order valence-electron chi connectivity index (χ4n) is 1.54. The van der Waals surface area contributed by atoms with Crippen molar-refractivity contribution in [3.8, 4) is 0 Å². The lowest BCUT2D eigenvalue weighted by Crippen LogP contribution is -2.32. The first-order valence-electron chi connectivity index (χ1n) is 5.44. The smallest absolute Gasteiger partial charge is 0.256 e. The van der Waals surface area contributed by atoms with E-state index in [0.717, 1.165) is 5.57 Å². The van der Waals surface area contributed by atoms with E-state index in [4.69, 9.17) is 17.3 Å². The largest absolute Gasteiger partial charge is 0.398 e. The molecule has 0 aliphatic rings. The molecule has 0 radical (unpaired) electrons. The number of nitrogen functional groups attached to an aromatic ring is 1. The van der Waals surface area contributed by atoms with E-state index in [9.17, 15) is 4.79 Å². The van der Waals surface area contributed by atoms with Gasteiger partial charge >= 0.3 is 0 Å². The number of carbonyl (C=O) groups excluding carboxylic acids is 1. The molecule has 1 aromatic carbocycles. The van der Waals surface area contributed by atoms with Crippen molar-refractivity contribution in [2.75, 3.05) is 18.8 Å². The second kappa shape index (κ2) is 5.73. The summed E-state index contributed by atoms with van der Waals surface area (Å²) in [6.07, 6.45) is 0. The summed E-state index contributed by atoms with van der Waals surface area (Å²) in [7, 11) is 0. The minimum Gasteiger partial charge on any atom is -0.398 e. The van der Waals surface area contributed by atoms with E-state index in [-0.39, 0.29) is 5.91 Å². The van der Waals surface area contributed by atoms with E-state index < -0.39 is 0 Å². The normalized spacial score (nSPS) is 10.1. The van der Waals surface area contributed by atoms with Crippen LogP contribution < -0.4 is 5.73 Å². The molecule has 0 saturated carbocycles. The fraction of sp³-hybridized carbons (Fsp3) is 0.308. The number of nitrogens with zero attached hydrogens (tertiary/aromatic N) is 1. The quantitative estimate of drug-likeness (QED) is 0.662. The number of likely N-dealkylation sites (N-methyl/N-ethyl adjacent to an activating group) is 1. The molecule has 0 unspecified atom stereocenters. The van der Waals surface area contributed by atoms with Crippen LogP contribution in [0, 0.1) is 0 Å². The minimum absolute atomic E-state index is 0.115. The lowest BCUT2D eigenvalue weighted by molar-refractivity contribution is 0.0779. The van der Waals surface area contributed by atoms with Gasteiger partial charge in [0, 0.05) is 23.8 Å². The van der Waals surface area contributed by atoms with E-state index in [0.29, 0.717) is 29.4 Å². The Hall–Kier alpha value is -1.48. The average molecular weight is 253 g/mol. The molecule has 0 aliphatic carbocycles. The molecule has 0 fully saturated rings. The van der Waals surface area contributed by atoms with Crippen molar-refractivity contribution in [3.63, 3.8) is 0 Å². The van der Waals surface area contributed by atoms with Crippen LogP contribution in [-0.2, 0) is 0 Å². The molecule has 0 saturated heterocycles. The zero-order chi connectivity index (χ0) is 13.0. The summed E-state index contributed by atoms with van der Waals surface area (Å²) in [5.74, 6) is -0.115. The maximum atomic E-state index is 12.2. The highest BCUT2D eigenvalue weighted by molar-refractivity contribution is 6.31. The third-order valence-corrected chi connectivity index (χ3v) is 2.61. The zero-order valence-electron chi connectivity index (χ0n) is 10.2. The number of rotatable bonds is 4. The van der Waals surface area contributed by atoms with Gasteiger partial charge in [-0.1, -0.05) is 23.8 Å². The van der Waals surface area contributed by atoms with Crippen LogP contribution in [0.5, 0.6) is 0 Å². The summed E-state index contributed by atoms with van der Waals surface area (Å²) >= 11 is 5.87. The number of anilines is 1. The Bertz CT molecular complexity index is 443. The van der Waals surface area contributed by atoms with E-state index in [1.54, 1.807) is 23.1 Å². The van der Waals surface area contributed by atoms with E-state index in [2.05, 4.69) is 6.58 Å². The van der Waals surface area contributed by atoms with Crippen LogP contribution in [0.4, 0.5) is 5.69 Å². The number of amides is 1. The molecular formula is C13H17ClN2O. The van der Waals surface area contributed by atoms with Gasteiger partial charge in [0.05, 0.1) is 5.56 Å². The van der Waals surface area contributed by atoms with Crippen molar-refractivity contribution < 1.29 is 4.79 Å². The maximum Gasteiger partial charge on any atom is 0.256 e. The van der Waals surface area contributed by atoms with Crippen molar-refractivity contribution in [1.29, 1.82) is 0 Å². The first kappa shape index (κ1) is 13.6.